The average molecular weight is 358 g/mol. The van der Waals surface area contributed by atoms with Crippen molar-refractivity contribution in [2.45, 2.75) is 6.92 Å². The Hall–Kier alpha value is -3.85. The summed E-state index contributed by atoms with van der Waals surface area (Å²) >= 11 is 0. The first-order valence-electron chi connectivity index (χ1n) is 8.29. The number of aryl methyl sites for hydroxylation is 1. The molecule has 0 bridgehead atoms. The fourth-order valence-electron chi connectivity index (χ4n) is 2.58. The lowest BCUT2D eigenvalue weighted by atomic mass is 10.2. The quantitative estimate of drug-likeness (QED) is 0.711. The summed E-state index contributed by atoms with van der Waals surface area (Å²) in [6, 6.07) is 18.2. The van der Waals surface area contributed by atoms with Crippen LogP contribution < -0.4 is 15.4 Å². The van der Waals surface area contributed by atoms with Crippen LogP contribution in [-0.4, -0.2) is 18.0 Å². The number of methoxy groups -OCH3 is 1. The number of anilines is 3. The summed E-state index contributed by atoms with van der Waals surface area (Å²) in [5.41, 5.74) is 3.68. The lowest BCUT2D eigenvalue weighted by Crippen LogP contribution is -2.14. The maximum absolute atomic E-state index is 12.6. The van der Waals surface area contributed by atoms with Gasteiger partial charge in [0.2, 0.25) is 0 Å². The van der Waals surface area contributed by atoms with Crippen molar-refractivity contribution >= 4 is 23.0 Å². The SMILES string of the molecule is COc1ccc(C)cc1NC(=O)c1cc(Nc2ccccc2C#N)ccn1. The van der Waals surface area contributed by atoms with Crippen molar-refractivity contribution in [1.82, 2.24) is 4.98 Å². The van der Waals surface area contributed by atoms with Gasteiger partial charge in [-0.15, -0.1) is 0 Å². The number of amides is 1. The summed E-state index contributed by atoms with van der Waals surface area (Å²) < 4.78 is 5.29. The Morgan fingerprint density at radius 3 is 2.70 bits per heavy atom. The van der Waals surface area contributed by atoms with E-state index in [1.54, 1.807) is 49.7 Å². The summed E-state index contributed by atoms with van der Waals surface area (Å²) in [7, 11) is 1.55. The second-order valence-electron chi connectivity index (χ2n) is 5.87. The zero-order valence-electron chi connectivity index (χ0n) is 15.0. The van der Waals surface area contributed by atoms with Crippen LogP contribution in [0.2, 0.25) is 0 Å². The third-order valence-corrected chi connectivity index (χ3v) is 3.92. The number of carbonyl (C=O) groups excluding carboxylic acids is 1. The van der Waals surface area contributed by atoms with E-state index in [9.17, 15) is 10.1 Å². The minimum absolute atomic E-state index is 0.248. The Morgan fingerprint density at radius 2 is 1.93 bits per heavy atom. The van der Waals surface area contributed by atoms with Gasteiger partial charge in [0.25, 0.3) is 5.91 Å². The number of aromatic nitrogens is 1. The van der Waals surface area contributed by atoms with E-state index in [2.05, 4.69) is 21.7 Å². The van der Waals surface area contributed by atoms with E-state index in [1.807, 2.05) is 25.1 Å². The molecule has 3 aromatic rings. The molecule has 0 saturated carbocycles. The van der Waals surface area contributed by atoms with Crippen LogP contribution in [-0.2, 0) is 0 Å². The van der Waals surface area contributed by atoms with Crippen molar-refractivity contribution in [2.24, 2.45) is 0 Å². The van der Waals surface area contributed by atoms with Gasteiger partial charge in [-0.1, -0.05) is 18.2 Å². The van der Waals surface area contributed by atoms with Crippen LogP contribution in [0.1, 0.15) is 21.6 Å². The van der Waals surface area contributed by atoms with Gasteiger partial charge in [-0.2, -0.15) is 5.26 Å². The number of nitriles is 1. The molecule has 3 rings (SSSR count). The van der Waals surface area contributed by atoms with E-state index in [0.717, 1.165) is 5.56 Å². The van der Waals surface area contributed by atoms with Crippen LogP contribution in [0.5, 0.6) is 5.75 Å². The van der Waals surface area contributed by atoms with Gasteiger partial charge in [0.1, 0.15) is 17.5 Å². The third kappa shape index (κ3) is 4.22. The summed E-state index contributed by atoms with van der Waals surface area (Å²) in [5.74, 6) is 0.224. The van der Waals surface area contributed by atoms with E-state index in [1.165, 1.54) is 0 Å². The summed E-state index contributed by atoms with van der Waals surface area (Å²) in [6.45, 7) is 1.94. The van der Waals surface area contributed by atoms with Crippen LogP contribution in [0.4, 0.5) is 17.1 Å². The number of hydrogen-bond donors (Lipinski definition) is 2. The van der Waals surface area contributed by atoms with Crippen LogP contribution in [0.3, 0.4) is 0 Å². The van der Waals surface area contributed by atoms with Gasteiger partial charge in [0.05, 0.1) is 24.0 Å². The van der Waals surface area contributed by atoms with E-state index < -0.39 is 0 Å². The molecule has 2 aromatic carbocycles. The lowest BCUT2D eigenvalue weighted by Gasteiger charge is -2.12. The highest BCUT2D eigenvalue weighted by Gasteiger charge is 2.12. The van der Waals surface area contributed by atoms with Gasteiger partial charge >= 0.3 is 0 Å². The Bertz CT molecular complexity index is 1020. The number of para-hydroxylation sites is 1. The molecule has 2 N–H and O–H groups in total. The van der Waals surface area contributed by atoms with Gasteiger partial charge in [0, 0.05) is 11.9 Å². The summed E-state index contributed by atoms with van der Waals surface area (Å²) in [4.78, 5) is 16.8. The molecule has 1 amide bonds. The van der Waals surface area contributed by atoms with E-state index in [4.69, 9.17) is 4.74 Å². The molecule has 0 aliphatic carbocycles. The molecule has 0 atom stereocenters. The topological polar surface area (TPSA) is 87.0 Å². The highest BCUT2D eigenvalue weighted by Crippen LogP contribution is 2.26. The Balaban J connectivity index is 1.82. The predicted molar refractivity (Wildman–Crippen MR) is 104 cm³/mol. The minimum Gasteiger partial charge on any atom is -0.495 e. The second kappa shape index (κ2) is 8.02. The molecule has 0 aliphatic rings. The van der Waals surface area contributed by atoms with Gasteiger partial charge in [0.15, 0.2) is 0 Å². The first-order valence-corrected chi connectivity index (χ1v) is 8.29. The fraction of sp³-hybridized carbons (Fsp3) is 0.0952. The maximum atomic E-state index is 12.6. The Labute approximate surface area is 157 Å². The predicted octanol–water partition coefficient (Wildman–Crippen LogP) is 4.27. The van der Waals surface area contributed by atoms with Crippen molar-refractivity contribution in [1.29, 1.82) is 5.26 Å². The highest BCUT2D eigenvalue weighted by atomic mass is 16.5. The Morgan fingerprint density at radius 1 is 1.11 bits per heavy atom. The molecule has 27 heavy (non-hydrogen) atoms. The molecule has 1 heterocycles. The average Bonchev–Trinajstić information content (AvgIpc) is 2.69. The first kappa shape index (κ1) is 18.0. The van der Waals surface area contributed by atoms with Gasteiger partial charge in [-0.3, -0.25) is 9.78 Å². The van der Waals surface area contributed by atoms with Crippen molar-refractivity contribution in [3.8, 4) is 11.8 Å². The van der Waals surface area contributed by atoms with Gasteiger partial charge in [-0.25, -0.2) is 0 Å². The van der Waals surface area contributed by atoms with Crippen LogP contribution >= 0.6 is 0 Å². The molecule has 0 fully saturated rings. The van der Waals surface area contributed by atoms with E-state index >= 15 is 0 Å². The zero-order valence-corrected chi connectivity index (χ0v) is 15.0. The van der Waals surface area contributed by atoms with Crippen LogP contribution in [0.15, 0.2) is 60.8 Å². The molecule has 0 unspecified atom stereocenters. The maximum Gasteiger partial charge on any atom is 0.274 e. The normalized spacial score (nSPS) is 9.96. The number of nitrogens with one attached hydrogen (secondary N) is 2. The highest BCUT2D eigenvalue weighted by molar-refractivity contribution is 6.04. The smallest absolute Gasteiger partial charge is 0.274 e. The van der Waals surface area contributed by atoms with E-state index in [0.29, 0.717) is 28.4 Å². The molecule has 134 valence electrons. The molecule has 0 spiro atoms. The number of ether oxygens (including phenoxy) is 1. The number of hydrogen-bond acceptors (Lipinski definition) is 5. The largest absolute Gasteiger partial charge is 0.495 e. The molecular weight excluding hydrogens is 340 g/mol. The van der Waals surface area contributed by atoms with Crippen molar-refractivity contribution in [2.75, 3.05) is 17.7 Å². The molecule has 6 heteroatoms. The molecule has 6 nitrogen and oxygen atoms in total. The molecule has 1 aromatic heterocycles. The zero-order chi connectivity index (χ0) is 19.2. The van der Waals surface area contributed by atoms with Crippen molar-refractivity contribution in [3.63, 3.8) is 0 Å². The van der Waals surface area contributed by atoms with Crippen molar-refractivity contribution in [3.05, 3.63) is 77.6 Å². The summed E-state index contributed by atoms with van der Waals surface area (Å²) in [6.07, 6.45) is 1.54. The van der Waals surface area contributed by atoms with Gasteiger partial charge in [-0.05, 0) is 48.9 Å². The monoisotopic (exact) mass is 358 g/mol. The third-order valence-electron chi connectivity index (χ3n) is 3.92. The number of nitrogens with zero attached hydrogens (tertiary/aromatic N) is 2. The lowest BCUT2D eigenvalue weighted by molar-refractivity contribution is 0.102. The van der Waals surface area contributed by atoms with Gasteiger partial charge < -0.3 is 15.4 Å². The molecule has 0 radical (unpaired) electrons. The second-order valence-corrected chi connectivity index (χ2v) is 5.87. The standard InChI is InChI=1S/C21H18N4O2/c1-14-7-8-20(27-2)18(11-14)25-21(26)19-12-16(9-10-23-19)24-17-6-4-3-5-15(17)13-22/h3-12H,1-2H3,(H,23,24)(H,25,26). The number of benzene rings is 2. The minimum atomic E-state index is -0.351. The van der Waals surface area contributed by atoms with Crippen molar-refractivity contribution < 1.29 is 9.53 Å². The van der Waals surface area contributed by atoms with Crippen LogP contribution in [0.25, 0.3) is 0 Å². The molecular formula is C21H18N4O2. The number of carbonyl (C=O) groups is 1. The molecule has 0 saturated heterocycles. The number of rotatable bonds is 5. The first-order chi connectivity index (χ1) is 13.1. The summed E-state index contributed by atoms with van der Waals surface area (Å²) in [5, 5.41) is 15.2. The van der Waals surface area contributed by atoms with E-state index in [-0.39, 0.29) is 11.6 Å². The number of pyridine rings is 1. The molecule has 0 aliphatic heterocycles. The fourth-order valence-corrected chi connectivity index (χ4v) is 2.58. The Kier molecular flexibility index (Phi) is 5.33. The van der Waals surface area contributed by atoms with Crippen LogP contribution in [0, 0.1) is 18.3 Å².